The highest BCUT2D eigenvalue weighted by Crippen LogP contribution is 2.23. The minimum atomic E-state index is -0.440. The Balaban J connectivity index is 2.16. The maximum atomic E-state index is 12.3. The molecule has 0 saturated heterocycles. The van der Waals surface area contributed by atoms with Crippen molar-refractivity contribution >= 4 is 17.2 Å². The minimum absolute atomic E-state index is 0.170. The zero-order valence-electron chi connectivity index (χ0n) is 12.3. The van der Waals surface area contributed by atoms with Crippen molar-refractivity contribution in [3.05, 3.63) is 29.5 Å². The monoisotopic (exact) mass is 305 g/mol. The molecule has 0 saturated carbocycles. The molecule has 1 unspecified atom stereocenters. The van der Waals surface area contributed by atoms with E-state index < -0.39 is 5.54 Å². The fourth-order valence-electron chi connectivity index (χ4n) is 1.64. The van der Waals surface area contributed by atoms with Gasteiger partial charge in [0.05, 0.1) is 11.7 Å². The van der Waals surface area contributed by atoms with Gasteiger partial charge in [0.25, 0.3) is 5.91 Å². The van der Waals surface area contributed by atoms with Crippen molar-refractivity contribution in [2.45, 2.75) is 26.3 Å². The molecule has 21 heavy (non-hydrogen) atoms. The zero-order valence-corrected chi connectivity index (χ0v) is 13.1. The Morgan fingerprint density at radius 1 is 1.38 bits per heavy atom. The number of nitrogens with one attached hydrogen (secondary N) is 1. The van der Waals surface area contributed by atoms with Crippen molar-refractivity contribution in [3.63, 3.8) is 0 Å². The quantitative estimate of drug-likeness (QED) is 0.877. The number of thiazole rings is 1. The molecule has 6 nitrogen and oxygen atoms in total. The molecule has 0 fully saturated rings. The van der Waals surface area contributed by atoms with Gasteiger partial charge in [0.1, 0.15) is 4.88 Å². The summed E-state index contributed by atoms with van der Waals surface area (Å²) in [5.74, 6) is 0.583. The number of nitrogens with two attached hydrogens (primary N) is 1. The highest BCUT2D eigenvalue weighted by Gasteiger charge is 2.29. The molecule has 1 amide bonds. The first-order valence-corrected chi connectivity index (χ1v) is 7.53. The fraction of sp³-hybridized carbons (Fsp3) is 0.429. The van der Waals surface area contributed by atoms with Gasteiger partial charge in [0.15, 0.2) is 10.8 Å². The maximum absolute atomic E-state index is 12.3. The SMILES string of the molecule is CC(C)C(C)(CN)NC(=O)c1cnc(-c2ncccn2)s1. The standard InChI is InChI=1S/C14H19N5OS/c1-9(2)14(3,8-15)19-12(20)10-7-18-13(21-10)11-16-5-4-6-17-11/h4-7,9H,8,15H2,1-3H3,(H,19,20). The number of nitrogens with zero attached hydrogens (tertiary/aromatic N) is 3. The molecule has 0 aromatic carbocycles. The molecular formula is C14H19N5OS. The summed E-state index contributed by atoms with van der Waals surface area (Å²) in [5.41, 5.74) is 5.34. The normalized spacial score (nSPS) is 14.0. The minimum Gasteiger partial charge on any atom is -0.345 e. The molecule has 0 spiro atoms. The van der Waals surface area contributed by atoms with Crippen LogP contribution in [0.2, 0.25) is 0 Å². The van der Waals surface area contributed by atoms with E-state index in [0.717, 1.165) is 0 Å². The van der Waals surface area contributed by atoms with Crippen LogP contribution in [0.25, 0.3) is 10.8 Å². The summed E-state index contributed by atoms with van der Waals surface area (Å²) in [4.78, 5) is 25.3. The van der Waals surface area contributed by atoms with Crippen LogP contribution in [0.4, 0.5) is 0 Å². The van der Waals surface area contributed by atoms with Crippen LogP contribution in [0, 0.1) is 5.92 Å². The van der Waals surface area contributed by atoms with E-state index in [2.05, 4.69) is 20.3 Å². The van der Waals surface area contributed by atoms with Crippen LogP contribution in [0.5, 0.6) is 0 Å². The summed E-state index contributed by atoms with van der Waals surface area (Å²) in [7, 11) is 0. The van der Waals surface area contributed by atoms with E-state index in [4.69, 9.17) is 5.73 Å². The van der Waals surface area contributed by atoms with E-state index in [1.54, 1.807) is 24.7 Å². The van der Waals surface area contributed by atoms with Crippen molar-refractivity contribution in [3.8, 4) is 10.8 Å². The van der Waals surface area contributed by atoms with Crippen LogP contribution in [0.15, 0.2) is 24.7 Å². The first-order chi connectivity index (χ1) is 9.96. The van der Waals surface area contributed by atoms with E-state index in [9.17, 15) is 4.79 Å². The van der Waals surface area contributed by atoms with E-state index in [1.165, 1.54) is 11.3 Å². The Hall–Kier alpha value is -1.86. The van der Waals surface area contributed by atoms with Gasteiger partial charge in [-0.2, -0.15) is 0 Å². The fourth-order valence-corrected chi connectivity index (χ4v) is 2.40. The van der Waals surface area contributed by atoms with Gasteiger partial charge in [-0.25, -0.2) is 15.0 Å². The lowest BCUT2D eigenvalue weighted by atomic mass is 9.88. The number of hydrogen-bond donors (Lipinski definition) is 2. The van der Waals surface area contributed by atoms with Crippen LogP contribution in [-0.4, -0.2) is 32.9 Å². The molecule has 2 aromatic rings. The second-order valence-corrected chi connectivity index (χ2v) is 6.36. The van der Waals surface area contributed by atoms with Crippen molar-refractivity contribution < 1.29 is 4.79 Å². The van der Waals surface area contributed by atoms with Crippen LogP contribution in [-0.2, 0) is 0 Å². The Kier molecular flexibility index (Phi) is 4.64. The van der Waals surface area contributed by atoms with Crippen LogP contribution < -0.4 is 11.1 Å². The molecule has 0 aliphatic carbocycles. The van der Waals surface area contributed by atoms with Crippen molar-refractivity contribution in [1.82, 2.24) is 20.3 Å². The molecule has 0 aliphatic heterocycles. The largest absolute Gasteiger partial charge is 0.345 e. The Bertz CT molecular complexity index is 613. The third-order valence-electron chi connectivity index (χ3n) is 3.58. The predicted octanol–water partition coefficient (Wildman–Crippen LogP) is 1.70. The van der Waals surface area contributed by atoms with Gasteiger partial charge in [0.2, 0.25) is 0 Å². The van der Waals surface area contributed by atoms with Crippen LogP contribution >= 0.6 is 11.3 Å². The van der Waals surface area contributed by atoms with Gasteiger partial charge in [-0.15, -0.1) is 11.3 Å². The smallest absolute Gasteiger partial charge is 0.263 e. The number of rotatable bonds is 5. The predicted molar refractivity (Wildman–Crippen MR) is 82.9 cm³/mol. The molecule has 2 rings (SSSR count). The van der Waals surface area contributed by atoms with Gasteiger partial charge in [-0.1, -0.05) is 13.8 Å². The first kappa shape index (κ1) is 15.5. The maximum Gasteiger partial charge on any atom is 0.263 e. The summed E-state index contributed by atoms with van der Waals surface area (Å²) < 4.78 is 0. The first-order valence-electron chi connectivity index (χ1n) is 6.72. The summed E-state index contributed by atoms with van der Waals surface area (Å²) in [6.45, 7) is 6.38. The highest BCUT2D eigenvalue weighted by atomic mass is 32.1. The van der Waals surface area contributed by atoms with Crippen LogP contribution in [0.1, 0.15) is 30.4 Å². The van der Waals surface area contributed by atoms with Crippen molar-refractivity contribution in [2.24, 2.45) is 11.7 Å². The molecule has 3 N–H and O–H groups in total. The number of aromatic nitrogens is 3. The summed E-state index contributed by atoms with van der Waals surface area (Å²) in [6, 6.07) is 1.74. The van der Waals surface area contributed by atoms with Crippen molar-refractivity contribution in [1.29, 1.82) is 0 Å². The molecule has 2 aromatic heterocycles. The second-order valence-electron chi connectivity index (χ2n) is 5.33. The second kappa shape index (κ2) is 6.28. The third-order valence-corrected chi connectivity index (χ3v) is 4.58. The van der Waals surface area contributed by atoms with E-state index in [1.807, 2.05) is 20.8 Å². The van der Waals surface area contributed by atoms with Crippen LogP contribution in [0.3, 0.4) is 0 Å². The molecule has 0 bridgehead atoms. The van der Waals surface area contributed by atoms with Gasteiger partial charge >= 0.3 is 0 Å². The Morgan fingerprint density at radius 2 is 2.05 bits per heavy atom. The van der Waals surface area contributed by atoms with E-state index in [-0.39, 0.29) is 11.8 Å². The van der Waals surface area contributed by atoms with Gasteiger partial charge in [0, 0.05) is 18.9 Å². The molecule has 2 heterocycles. The molecule has 7 heteroatoms. The summed E-state index contributed by atoms with van der Waals surface area (Å²) >= 11 is 1.27. The lowest BCUT2D eigenvalue weighted by Crippen LogP contribution is -2.54. The topological polar surface area (TPSA) is 93.8 Å². The lowest BCUT2D eigenvalue weighted by Gasteiger charge is -2.33. The van der Waals surface area contributed by atoms with Gasteiger partial charge in [-0.05, 0) is 18.9 Å². The molecule has 112 valence electrons. The number of carbonyl (C=O) groups is 1. The van der Waals surface area contributed by atoms with E-state index in [0.29, 0.717) is 22.3 Å². The summed E-state index contributed by atoms with van der Waals surface area (Å²) in [6.07, 6.45) is 4.84. The molecule has 0 aliphatic rings. The van der Waals surface area contributed by atoms with E-state index >= 15 is 0 Å². The number of amides is 1. The molecular weight excluding hydrogens is 286 g/mol. The van der Waals surface area contributed by atoms with Gasteiger partial charge in [-0.3, -0.25) is 4.79 Å². The Morgan fingerprint density at radius 3 is 2.62 bits per heavy atom. The lowest BCUT2D eigenvalue weighted by molar-refractivity contribution is 0.0887. The average Bonchev–Trinajstić information content (AvgIpc) is 2.97. The Labute approximate surface area is 127 Å². The van der Waals surface area contributed by atoms with Gasteiger partial charge < -0.3 is 11.1 Å². The zero-order chi connectivity index (χ0) is 15.5. The van der Waals surface area contributed by atoms with Crippen molar-refractivity contribution in [2.75, 3.05) is 6.54 Å². The third kappa shape index (κ3) is 3.43. The summed E-state index contributed by atoms with van der Waals surface area (Å²) in [5, 5.41) is 3.61. The molecule has 0 radical (unpaired) electrons. The number of hydrogen-bond acceptors (Lipinski definition) is 6. The highest BCUT2D eigenvalue weighted by molar-refractivity contribution is 7.16. The number of carbonyl (C=O) groups excluding carboxylic acids is 1. The molecule has 1 atom stereocenters. The average molecular weight is 305 g/mol.